The van der Waals surface area contributed by atoms with Gasteiger partial charge in [-0.25, -0.2) is 4.98 Å². The number of hydrogen-bond acceptors (Lipinski definition) is 4. The van der Waals surface area contributed by atoms with Crippen molar-refractivity contribution in [2.45, 2.75) is 0 Å². The van der Waals surface area contributed by atoms with Gasteiger partial charge in [0.05, 0.1) is 19.0 Å². The first kappa shape index (κ1) is 13.2. The normalized spacial score (nSPS) is 10.8. The number of benzene rings is 1. The monoisotopic (exact) mass is 283 g/mol. The van der Waals surface area contributed by atoms with Gasteiger partial charge in [0.25, 0.3) is 0 Å². The first-order valence-corrected chi connectivity index (χ1v) is 6.55. The second kappa shape index (κ2) is 4.97. The number of imidazole rings is 1. The number of nitrogen functional groups attached to an aromatic ring is 1. The molecule has 0 radical (unpaired) electrons. The largest absolute Gasteiger partial charge is 0.497 e. The molecule has 0 atom stereocenters. The Morgan fingerprint density at radius 1 is 1.24 bits per heavy atom. The summed E-state index contributed by atoms with van der Waals surface area (Å²) in [6, 6.07) is 7.77. The van der Waals surface area contributed by atoms with Gasteiger partial charge in [0.2, 0.25) is 0 Å². The fraction of sp³-hybridized carbons (Fsp3) is 0.200. The molecule has 0 fully saturated rings. The molecule has 3 rings (SSSR count). The van der Waals surface area contributed by atoms with Crippen LogP contribution in [0.3, 0.4) is 0 Å². The standard InChI is InChI=1S/C15H17N5O/c1-19-8-12(17-9-19)14-13(15(16)20(2)18-14)10-5-4-6-11(7-10)21-3/h4-9H,16H2,1-3H3. The van der Waals surface area contributed by atoms with Crippen molar-refractivity contribution >= 4 is 5.82 Å². The quantitative estimate of drug-likeness (QED) is 0.799. The summed E-state index contributed by atoms with van der Waals surface area (Å²) in [4.78, 5) is 4.37. The predicted molar refractivity (Wildman–Crippen MR) is 81.8 cm³/mol. The van der Waals surface area contributed by atoms with Gasteiger partial charge in [0.1, 0.15) is 23.0 Å². The van der Waals surface area contributed by atoms with Crippen molar-refractivity contribution in [2.24, 2.45) is 14.1 Å². The average molecular weight is 283 g/mol. The Kier molecular flexibility index (Phi) is 3.13. The first-order valence-electron chi connectivity index (χ1n) is 6.55. The van der Waals surface area contributed by atoms with Crippen molar-refractivity contribution < 1.29 is 4.74 Å². The maximum absolute atomic E-state index is 6.20. The van der Waals surface area contributed by atoms with Crippen LogP contribution >= 0.6 is 0 Å². The van der Waals surface area contributed by atoms with Gasteiger partial charge in [-0.3, -0.25) is 4.68 Å². The Labute approximate surface area is 122 Å². The van der Waals surface area contributed by atoms with Gasteiger partial charge in [0, 0.05) is 20.3 Å². The molecule has 0 aliphatic carbocycles. The van der Waals surface area contributed by atoms with Crippen LogP contribution < -0.4 is 10.5 Å². The van der Waals surface area contributed by atoms with E-state index in [0.717, 1.165) is 28.3 Å². The van der Waals surface area contributed by atoms with Crippen molar-refractivity contribution in [3.05, 3.63) is 36.8 Å². The Balaban J connectivity index is 2.21. The third-order valence-electron chi connectivity index (χ3n) is 3.40. The van der Waals surface area contributed by atoms with Crippen LogP contribution in [-0.4, -0.2) is 26.4 Å². The molecule has 2 N–H and O–H groups in total. The van der Waals surface area contributed by atoms with E-state index >= 15 is 0 Å². The zero-order valence-electron chi connectivity index (χ0n) is 12.2. The molecule has 2 heterocycles. The van der Waals surface area contributed by atoms with Gasteiger partial charge in [-0.15, -0.1) is 0 Å². The van der Waals surface area contributed by atoms with Crippen molar-refractivity contribution in [3.8, 4) is 28.3 Å². The minimum Gasteiger partial charge on any atom is -0.497 e. The van der Waals surface area contributed by atoms with E-state index < -0.39 is 0 Å². The Morgan fingerprint density at radius 3 is 2.71 bits per heavy atom. The van der Waals surface area contributed by atoms with Crippen LogP contribution in [0.1, 0.15) is 0 Å². The summed E-state index contributed by atoms with van der Waals surface area (Å²) < 4.78 is 8.83. The summed E-state index contributed by atoms with van der Waals surface area (Å²) in [7, 11) is 5.39. The van der Waals surface area contributed by atoms with Crippen LogP contribution in [0.4, 0.5) is 5.82 Å². The number of rotatable bonds is 3. The van der Waals surface area contributed by atoms with Gasteiger partial charge in [-0.05, 0) is 17.7 Å². The van der Waals surface area contributed by atoms with Crippen LogP contribution in [-0.2, 0) is 14.1 Å². The van der Waals surface area contributed by atoms with E-state index in [9.17, 15) is 0 Å². The molecule has 0 aliphatic rings. The van der Waals surface area contributed by atoms with Gasteiger partial charge >= 0.3 is 0 Å². The molecule has 1 aromatic carbocycles. The number of aromatic nitrogens is 4. The number of ether oxygens (including phenoxy) is 1. The molecule has 0 bridgehead atoms. The molecule has 0 aliphatic heterocycles. The molecule has 0 saturated carbocycles. The van der Waals surface area contributed by atoms with E-state index in [4.69, 9.17) is 10.5 Å². The molecule has 0 unspecified atom stereocenters. The molecule has 2 aromatic heterocycles. The van der Waals surface area contributed by atoms with Gasteiger partial charge in [0.15, 0.2) is 0 Å². The average Bonchev–Trinajstić information content (AvgIpc) is 3.04. The lowest BCUT2D eigenvalue weighted by molar-refractivity contribution is 0.415. The van der Waals surface area contributed by atoms with Crippen LogP contribution in [0, 0.1) is 0 Å². The number of nitrogens with zero attached hydrogens (tertiary/aromatic N) is 4. The highest BCUT2D eigenvalue weighted by atomic mass is 16.5. The fourth-order valence-electron chi connectivity index (χ4n) is 2.31. The summed E-state index contributed by atoms with van der Waals surface area (Å²) in [5.74, 6) is 1.38. The lowest BCUT2D eigenvalue weighted by Gasteiger charge is -2.05. The van der Waals surface area contributed by atoms with Crippen molar-refractivity contribution in [2.75, 3.05) is 12.8 Å². The lowest BCUT2D eigenvalue weighted by Crippen LogP contribution is -1.98. The molecule has 0 saturated heterocycles. The third kappa shape index (κ3) is 2.24. The van der Waals surface area contributed by atoms with Gasteiger partial charge < -0.3 is 15.0 Å². The SMILES string of the molecule is COc1cccc(-c2c(-c3cn(C)cn3)nn(C)c2N)c1. The highest BCUT2D eigenvalue weighted by molar-refractivity contribution is 5.87. The third-order valence-corrected chi connectivity index (χ3v) is 3.40. The number of nitrogens with two attached hydrogens (primary N) is 1. The Morgan fingerprint density at radius 2 is 2.05 bits per heavy atom. The van der Waals surface area contributed by atoms with E-state index in [1.54, 1.807) is 18.1 Å². The zero-order valence-corrected chi connectivity index (χ0v) is 12.2. The molecule has 0 spiro atoms. The topological polar surface area (TPSA) is 70.9 Å². The summed E-state index contributed by atoms with van der Waals surface area (Å²) in [6.45, 7) is 0. The van der Waals surface area contributed by atoms with Gasteiger partial charge in [-0.1, -0.05) is 12.1 Å². The molecule has 0 amide bonds. The predicted octanol–water partition coefficient (Wildman–Crippen LogP) is 2.08. The Bertz CT molecular complexity index is 787. The lowest BCUT2D eigenvalue weighted by atomic mass is 10.0. The maximum atomic E-state index is 6.20. The number of hydrogen-bond donors (Lipinski definition) is 1. The minimum atomic E-state index is 0.601. The molecule has 3 aromatic rings. The highest BCUT2D eigenvalue weighted by Crippen LogP contribution is 2.36. The fourth-order valence-corrected chi connectivity index (χ4v) is 2.31. The highest BCUT2D eigenvalue weighted by Gasteiger charge is 2.19. The van der Waals surface area contributed by atoms with Crippen LogP contribution in [0.5, 0.6) is 5.75 Å². The molecule has 6 heteroatoms. The molecular formula is C15H17N5O. The Hall–Kier alpha value is -2.76. The van der Waals surface area contributed by atoms with Crippen LogP contribution in [0.2, 0.25) is 0 Å². The summed E-state index contributed by atoms with van der Waals surface area (Å²) >= 11 is 0. The first-order chi connectivity index (χ1) is 10.1. The minimum absolute atomic E-state index is 0.601. The smallest absolute Gasteiger partial charge is 0.129 e. The van der Waals surface area contributed by atoms with E-state index in [-0.39, 0.29) is 0 Å². The summed E-state index contributed by atoms with van der Waals surface area (Å²) in [5, 5.41) is 4.50. The van der Waals surface area contributed by atoms with Crippen LogP contribution in [0.15, 0.2) is 36.8 Å². The van der Waals surface area contributed by atoms with E-state index in [0.29, 0.717) is 5.82 Å². The van der Waals surface area contributed by atoms with E-state index in [1.165, 1.54) is 0 Å². The summed E-state index contributed by atoms with van der Waals surface area (Å²) in [5.41, 5.74) is 9.59. The molecular weight excluding hydrogens is 266 g/mol. The van der Waals surface area contributed by atoms with Crippen molar-refractivity contribution in [3.63, 3.8) is 0 Å². The van der Waals surface area contributed by atoms with Crippen molar-refractivity contribution in [1.82, 2.24) is 19.3 Å². The number of methoxy groups -OCH3 is 1. The van der Waals surface area contributed by atoms with Gasteiger partial charge in [-0.2, -0.15) is 5.10 Å². The second-order valence-electron chi connectivity index (χ2n) is 4.89. The van der Waals surface area contributed by atoms with Crippen molar-refractivity contribution in [1.29, 1.82) is 0 Å². The molecule has 108 valence electrons. The number of aryl methyl sites for hydroxylation is 2. The zero-order chi connectivity index (χ0) is 15.0. The van der Waals surface area contributed by atoms with Crippen LogP contribution in [0.25, 0.3) is 22.5 Å². The number of anilines is 1. The van der Waals surface area contributed by atoms with E-state index in [2.05, 4.69) is 10.1 Å². The summed E-state index contributed by atoms with van der Waals surface area (Å²) in [6.07, 6.45) is 3.67. The maximum Gasteiger partial charge on any atom is 0.129 e. The molecule has 21 heavy (non-hydrogen) atoms. The molecule has 6 nitrogen and oxygen atoms in total. The van der Waals surface area contributed by atoms with E-state index in [1.807, 2.05) is 49.1 Å². The second-order valence-corrected chi connectivity index (χ2v) is 4.89.